The molecule has 0 saturated carbocycles. The number of rotatable bonds is 7. The highest BCUT2D eigenvalue weighted by Gasteiger charge is 2.39. The molecule has 0 aliphatic carbocycles. The highest BCUT2D eigenvalue weighted by Crippen LogP contribution is 2.40. The number of ketones is 1. The lowest BCUT2D eigenvalue weighted by molar-refractivity contribution is 0.0963. The number of carbonyl (C=O) groups excluding carboxylic acids is 1. The molecule has 1 heterocycles. The van der Waals surface area contributed by atoms with Gasteiger partial charge in [0.05, 0.1) is 22.7 Å². The molecule has 0 spiro atoms. The van der Waals surface area contributed by atoms with Gasteiger partial charge in [-0.15, -0.1) is 0 Å². The Hall–Kier alpha value is -2.14. The third-order valence-corrected chi connectivity index (χ3v) is 7.58. The van der Waals surface area contributed by atoms with Crippen molar-refractivity contribution in [1.82, 2.24) is 4.90 Å². The third kappa shape index (κ3) is 6.59. The van der Waals surface area contributed by atoms with Crippen LogP contribution < -0.4 is 0 Å². The average Bonchev–Trinajstić information content (AvgIpc) is 3.07. The van der Waals surface area contributed by atoms with E-state index in [-0.39, 0.29) is 29.1 Å². The standard InChI is InChI=1S/C31H43BrN2O2/c1-20(2)14-23-18-34(29(33-32)24(23)15-21-12-10-9-11-13-21)19-27(35)22-16-25(30(3,4)5)28(36)26(17-22)31(6,7)8/h9-13,16-17,20,23-24,36H,14-15,18-19H2,1-8H3/b33-29-/t23-,24+/m0/s1. The summed E-state index contributed by atoms with van der Waals surface area (Å²) in [5, 5.41) is 11.1. The van der Waals surface area contributed by atoms with Crippen LogP contribution in [0.3, 0.4) is 0 Å². The van der Waals surface area contributed by atoms with E-state index < -0.39 is 0 Å². The minimum atomic E-state index is -0.278. The summed E-state index contributed by atoms with van der Waals surface area (Å²) < 4.78 is 4.54. The Balaban J connectivity index is 1.94. The van der Waals surface area contributed by atoms with Crippen molar-refractivity contribution in [1.29, 1.82) is 0 Å². The van der Waals surface area contributed by atoms with Gasteiger partial charge in [0.15, 0.2) is 5.78 Å². The lowest BCUT2D eigenvalue weighted by atomic mass is 9.78. The molecule has 0 radical (unpaired) electrons. The third-order valence-electron chi connectivity index (χ3n) is 7.22. The lowest BCUT2D eigenvalue weighted by Crippen LogP contribution is -2.33. The number of aromatic hydroxyl groups is 1. The Bertz CT molecular complexity index is 1060. The molecule has 1 fully saturated rings. The molecule has 1 saturated heterocycles. The fraction of sp³-hybridized carbons (Fsp3) is 0.548. The van der Waals surface area contributed by atoms with Gasteiger partial charge in [0, 0.05) is 29.2 Å². The normalized spacial score (nSPS) is 19.9. The second kappa shape index (κ2) is 11.1. The SMILES string of the molecule is CC(C)C[C@H]1CN(CC(=O)c2cc(C(C)(C)C)c(O)c(C(C)(C)C)c2)/C(=N\Br)[C@@H]1Cc1ccccc1. The van der Waals surface area contributed by atoms with Crippen LogP contribution in [0.25, 0.3) is 0 Å². The Kier molecular flexibility index (Phi) is 8.75. The first kappa shape index (κ1) is 28.4. The predicted molar refractivity (Wildman–Crippen MR) is 154 cm³/mol. The number of phenolic OH excluding ortho intramolecular Hbond substituents is 1. The number of nitrogens with zero attached hydrogens (tertiary/aromatic N) is 2. The van der Waals surface area contributed by atoms with E-state index in [1.54, 1.807) is 0 Å². The number of likely N-dealkylation sites (tertiary alicyclic amines) is 1. The van der Waals surface area contributed by atoms with E-state index in [1.165, 1.54) is 5.56 Å². The quantitative estimate of drug-likeness (QED) is 0.356. The van der Waals surface area contributed by atoms with Gasteiger partial charge in [-0.3, -0.25) is 4.79 Å². The van der Waals surface area contributed by atoms with Crippen LogP contribution >= 0.6 is 16.1 Å². The highest BCUT2D eigenvalue weighted by atomic mass is 79.9. The second-order valence-corrected chi connectivity index (χ2v) is 13.2. The minimum Gasteiger partial charge on any atom is -0.507 e. The maximum Gasteiger partial charge on any atom is 0.182 e. The summed E-state index contributed by atoms with van der Waals surface area (Å²) in [5.74, 6) is 2.59. The molecule has 1 N–H and O–H groups in total. The van der Waals surface area contributed by atoms with E-state index >= 15 is 0 Å². The molecule has 4 nitrogen and oxygen atoms in total. The number of hydrogen-bond acceptors (Lipinski definition) is 3. The Labute approximate surface area is 226 Å². The maximum atomic E-state index is 13.7. The summed E-state index contributed by atoms with van der Waals surface area (Å²) in [4.78, 5) is 15.9. The van der Waals surface area contributed by atoms with Gasteiger partial charge >= 0.3 is 0 Å². The zero-order chi connectivity index (χ0) is 26.8. The Morgan fingerprint density at radius 3 is 2.08 bits per heavy atom. The van der Waals surface area contributed by atoms with Crippen molar-refractivity contribution in [3.8, 4) is 5.75 Å². The van der Waals surface area contributed by atoms with Crippen molar-refractivity contribution in [2.75, 3.05) is 13.1 Å². The van der Waals surface area contributed by atoms with Crippen molar-refractivity contribution in [2.24, 2.45) is 21.8 Å². The number of halogens is 1. The predicted octanol–water partition coefficient (Wildman–Crippen LogP) is 7.72. The van der Waals surface area contributed by atoms with E-state index in [9.17, 15) is 9.90 Å². The summed E-state index contributed by atoms with van der Waals surface area (Å²) in [6.45, 7) is 18.1. The number of phenols is 1. The molecule has 2 aromatic carbocycles. The second-order valence-electron chi connectivity index (χ2n) is 12.9. The largest absolute Gasteiger partial charge is 0.507 e. The van der Waals surface area contributed by atoms with Crippen LogP contribution in [-0.2, 0) is 17.3 Å². The first-order chi connectivity index (χ1) is 16.7. The number of amidine groups is 1. The molecule has 2 aromatic rings. The number of Topliss-reactive ketones (excluding diaryl/α,β-unsaturated/α-hetero) is 1. The van der Waals surface area contributed by atoms with E-state index in [0.29, 0.717) is 23.1 Å². The molecule has 2 atom stereocenters. The molecule has 196 valence electrons. The molecule has 1 aliphatic heterocycles. The topological polar surface area (TPSA) is 52.9 Å². The van der Waals surface area contributed by atoms with Gasteiger partial charge in [0.25, 0.3) is 0 Å². The molecule has 3 rings (SSSR count). The van der Waals surface area contributed by atoms with Crippen LogP contribution in [0.15, 0.2) is 46.5 Å². The Morgan fingerprint density at radius 2 is 1.61 bits per heavy atom. The summed E-state index contributed by atoms with van der Waals surface area (Å²) >= 11 is 3.40. The van der Waals surface area contributed by atoms with E-state index in [4.69, 9.17) is 0 Å². The summed E-state index contributed by atoms with van der Waals surface area (Å²) in [6.07, 6.45) is 2.00. The molecule has 5 heteroatoms. The van der Waals surface area contributed by atoms with E-state index in [1.807, 2.05) is 18.2 Å². The van der Waals surface area contributed by atoms with Crippen molar-refractivity contribution in [3.05, 3.63) is 64.7 Å². The number of benzene rings is 2. The van der Waals surface area contributed by atoms with Gasteiger partial charge in [-0.1, -0.05) is 85.7 Å². The lowest BCUT2D eigenvalue weighted by Gasteiger charge is -2.28. The van der Waals surface area contributed by atoms with Crippen LogP contribution in [0.2, 0.25) is 0 Å². The summed E-state index contributed by atoms with van der Waals surface area (Å²) in [6, 6.07) is 14.3. The smallest absolute Gasteiger partial charge is 0.182 e. The average molecular weight is 556 g/mol. The van der Waals surface area contributed by atoms with Crippen LogP contribution in [0.5, 0.6) is 5.75 Å². The maximum absolute atomic E-state index is 13.7. The van der Waals surface area contributed by atoms with Gasteiger partial charge < -0.3 is 10.0 Å². The molecular weight excluding hydrogens is 512 g/mol. The summed E-state index contributed by atoms with van der Waals surface area (Å²) in [7, 11) is 0. The van der Waals surface area contributed by atoms with Crippen molar-refractivity contribution < 1.29 is 9.90 Å². The Morgan fingerprint density at radius 1 is 1.06 bits per heavy atom. The van der Waals surface area contributed by atoms with Crippen LogP contribution in [0.1, 0.15) is 88.9 Å². The molecule has 0 bridgehead atoms. The van der Waals surface area contributed by atoms with E-state index in [2.05, 4.69) is 105 Å². The summed E-state index contributed by atoms with van der Waals surface area (Å²) in [5.41, 5.74) is 3.02. The van der Waals surface area contributed by atoms with Gasteiger partial charge in [-0.2, -0.15) is 4.02 Å². The highest BCUT2D eigenvalue weighted by molar-refractivity contribution is 9.08. The molecule has 0 amide bonds. The van der Waals surface area contributed by atoms with Crippen LogP contribution in [0.4, 0.5) is 0 Å². The van der Waals surface area contributed by atoms with Crippen LogP contribution in [0, 0.1) is 17.8 Å². The van der Waals surface area contributed by atoms with Gasteiger partial charge in [-0.05, 0) is 53.2 Å². The van der Waals surface area contributed by atoms with Gasteiger partial charge in [0.2, 0.25) is 0 Å². The van der Waals surface area contributed by atoms with Crippen LogP contribution in [-0.4, -0.2) is 34.7 Å². The zero-order valence-electron chi connectivity index (χ0n) is 23.2. The van der Waals surface area contributed by atoms with Crippen molar-refractivity contribution >= 4 is 27.8 Å². The zero-order valence-corrected chi connectivity index (χ0v) is 24.8. The minimum absolute atomic E-state index is 0.0586. The first-order valence-corrected chi connectivity index (χ1v) is 13.8. The molecule has 0 aromatic heterocycles. The van der Waals surface area contributed by atoms with Crippen molar-refractivity contribution in [3.63, 3.8) is 0 Å². The number of hydrogen-bond donors (Lipinski definition) is 1. The fourth-order valence-corrected chi connectivity index (χ4v) is 5.87. The first-order valence-electron chi connectivity index (χ1n) is 13.1. The van der Waals surface area contributed by atoms with E-state index in [0.717, 1.165) is 36.3 Å². The molecule has 36 heavy (non-hydrogen) atoms. The number of carbonyl (C=O) groups is 1. The fourth-order valence-electron chi connectivity index (χ4n) is 5.38. The molecule has 0 unspecified atom stereocenters. The monoisotopic (exact) mass is 554 g/mol. The van der Waals surface area contributed by atoms with Crippen molar-refractivity contribution in [2.45, 2.75) is 79.1 Å². The molecular formula is C31H43BrN2O2. The molecule has 1 aliphatic rings. The van der Waals surface area contributed by atoms with Gasteiger partial charge in [0.1, 0.15) is 11.6 Å². The van der Waals surface area contributed by atoms with Gasteiger partial charge in [-0.25, -0.2) is 0 Å².